The quantitative estimate of drug-likeness (QED) is 0.599. The Bertz CT molecular complexity index is 246. The van der Waals surface area contributed by atoms with E-state index in [9.17, 15) is 0 Å². The van der Waals surface area contributed by atoms with Gasteiger partial charge in [-0.2, -0.15) is 0 Å². The maximum Gasteiger partial charge on any atom is 0.0344 e. The molecule has 0 heterocycles. The van der Waals surface area contributed by atoms with Gasteiger partial charge in [-0.3, -0.25) is 0 Å². The first-order valence-electron chi connectivity index (χ1n) is 4.82. The van der Waals surface area contributed by atoms with Crippen molar-refractivity contribution in [3.63, 3.8) is 0 Å². The molecule has 0 saturated heterocycles. The van der Waals surface area contributed by atoms with Crippen molar-refractivity contribution in [2.75, 3.05) is 14.1 Å². The molecule has 1 aliphatic rings. The summed E-state index contributed by atoms with van der Waals surface area (Å²) in [6.07, 6.45) is 8.56. The van der Waals surface area contributed by atoms with E-state index in [0.717, 1.165) is 0 Å². The monoisotopic (exact) mass is 177 g/mol. The zero-order chi connectivity index (χ0) is 9.84. The largest absolute Gasteiger partial charge is 0.302 e. The second-order valence-electron chi connectivity index (χ2n) is 3.85. The molecule has 0 N–H and O–H groups in total. The van der Waals surface area contributed by atoms with Gasteiger partial charge in [0, 0.05) is 6.04 Å². The van der Waals surface area contributed by atoms with E-state index in [-0.39, 0.29) is 0 Å². The summed E-state index contributed by atoms with van der Waals surface area (Å²) >= 11 is 0. The van der Waals surface area contributed by atoms with E-state index in [2.05, 4.69) is 38.6 Å². The Morgan fingerprint density at radius 3 is 2.69 bits per heavy atom. The SMILES string of the molecule is C=C/C=C\C1=C(C)CCC1N(C)C. The van der Waals surface area contributed by atoms with Crippen LogP contribution in [-0.4, -0.2) is 25.0 Å². The van der Waals surface area contributed by atoms with E-state index in [1.165, 1.54) is 24.0 Å². The van der Waals surface area contributed by atoms with Gasteiger partial charge in [-0.1, -0.05) is 30.4 Å². The molecule has 0 aromatic heterocycles. The molecule has 0 bridgehead atoms. The smallest absolute Gasteiger partial charge is 0.0344 e. The highest BCUT2D eigenvalue weighted by Crippen LogP contribution is 2.29. The van der Waals surface area contributed by atoms with Gasteiger partial charge in [0.1, 0.15) is 0 Å². The molecule has 1 nitrogen and oxygen atoms in total. The molecule has 72 valence electrons. The van der Waals surface area contributed by atoms with Crippen LogP contribution in [0.2, 0.25) is 0 Å². The number of rotatable bonds is 3. The summed E-state index contributed by atoms with van der Waals surface area (Å²) in [6, 6.07) is 0.608. The van der Waals surface area contributed by atoms with Crippen molar-refractivity contribution >= 4 is 0 Å². The predicted molar refractivity (Wildman–Crippen MR) is 58.7 cm³/mol. The Balaban J connectivity index is 2.81. The fourth-order valence-electron chi connectivity index (χ4n) is 1.90. The van der Waals surface area contributed by atoms with Crippen LogP contribution in [-0.2, 0) is 0 Å². The van der Waals surface area contributed by atoms with E-state index in [4.69, 9.17) is 0 Å². The van der Waals surface area contributed by atoms with Crippen molar-refractivity contribution in [2.45, 2.75) is 25.8 Å². The zero-order valence-corrected chi connectivity index (χ0v) is 8.88. The first kappa shape index (κ1) is 10.3. The molecule has 1 atom stereocenters. The fraction of sp³-hybridized carbons (Fsp3) is 0.500. The lowest BCUT2D eigenvalue weighted by Gasteiger charge is -2.20. The summed E-state index contributed by atoms with van der Waals surface area (Å²) in [5.41, 5.74) is 3.00. The summed E-state index contributed by atoms with van der Waals surface area (Å²) in [7, 11) is 4.29. The molecule has 13 heavy (non-hydrogen) atoms. The van der Waals surface area contributed by atoms with Crippen LogP contribution in [0.3, 0.4) is 0 Å². The molecular weight excluding hydrogens is 158 g/mol. The van der Waals surface area contributed by atoms with Gasteiger partial charge in [-0.15, -0.1) is 0 Å². The van der Waals surface area contributed by atoms with Gasteiger partial charge >= 0.3 is 0 Å². The lowest BCUT2D eigenvalue weighted by Crippen LogP contribution is -2.26. The standard InChI is InChI=1S/C12H19N/c1-5-6-7-11-10(2)8-9-12(11)13(3)4/h5-7,12H,1,8-9H2,2-4H3/b7-6-. The van der Waals surface area contributed by atoms with Gasteiger partial charge in [-0.05, 0) is 39.4 Å². The van der Waals surface area contributed by atoms with Crippen LogP contribution in [0.25, 0.3) is 0 Å². The third-order valence-corrected chi connectivity index (χ3v) is 2.68. The molecule has 0 saturated carbocycles. The molecule has 0 radical (unpaired) electrons. The van der Waals surface area contributed by atoms with Crippen molar-refractivity contribution in [1.29, 1.82) is 0 Å². The van der Waals surface area contributed by atoms with E-state index in [0.29, 0.717) is 6.04 Å². The number of allylic oxidation sites excluding steroid dienone is 3. The Kier molecular flexibility index (Phi) is 3.49. The average molecular weight is 177 g/mol. The normalized spacial score (nSPS) is 23.5. The Labute approximate surface area is 81.4 Å². The highest BCUT2D eigenvalue weighted by molar-refractivity contribution is 5.35. The zero-order valence-electron chi connectivity index (χ0n) is 8.88. The lowest BCUT2D eigenvalue weighted by molar-refractivity contribution is 0.332. The highest BCUT2D eigenvalue weighted by atomic mass is 15.1. The predicted octanol–water partition coefficient (Wildman–Crippen LogP) is 2.77. The summed E-state index contributed by atoms with van der Waals surface area (Å²) < 4.78 is 0. The molecular formula is C12H19N. The van der Waals surface area contributed by atoms with Crippen LogP contribution in [0.5, 0.6) is 0 Å². The molecule has 1 heteroatoms. The maximum absolute atomic E-state index is 3.69. The molecule has 0 amide bonds. The average Bonchev–Trinajstić information content (AvgIpc) is 2.43. The third-order valence-electron chi connectivity index (χ3n) is 2.68. The third kappa shape index (κ3) is 2.31. The van der Waals surface area contributed by atoms with Gasteiger partial charge < -0.3 is 4.90 Å². The Morgan fingerprint density at radius 1 is 1.46 bits per heavy atom. The number of nitrogens with zero attached hydrogens (tertiary/aromatic N) is 1. The summed E-state index contributed by atoms with van der Waals surface area (Å²) in [6.45, 7) is 5.92. The van der Waals surface area contributed by atoms with E-state index in [1.807, 2.05) is 12.2 Å². The van der Waals surface area contributed by atoms with Crippen molar-refractivity contribution in [3.8, 4) is 0 Å². The maximum atomic E-state index is 3.69. The van der Waals surface area contributed by atoms with Gasteiger partial charge in [0.05, 0.1) is 0 Å². The molecule has 0 fully saturated rings. The molecule has 0 aliphatic heterocycles. The summed E-state index contributed by atoms with van der Waals surface area (Å²) in [4.78, 5) is 2.29. The lowest BCUT2D eigenvalue weighted by atomic mass is 10.1. The van der Waals surface area contributed by atoms with E-state index >= 15 is 0 Å². The highest BCUT2D eigenvalue weighted by Gasteiger charge is 2.22. The van der Waals surface area contributed by atoms with Gasteiger partial charge in [0.15, 0.2) is 0 Å². The van der Waals surface area contributed by atoms with Gasteiger partial charge in [-0.25, -0.2) is 0 Å². The molecule has 1 aliphatic carbocycles. The second kappa shape index (κ2) is 4.43. The molecule has 0 aromatic rings. The molecule has 0 aromatic carbocycles. The minimum absolute atomic E-state index is 0.608. The second-order valence-corrected chi connectivity index (χ2v) is 3.85. The van der Waals surface area contributed by atoms with Crippen LogP contribution >= 0.6 is 0 Å². The van der Waals surface area contributed by atoms with Crippen LogP contribution in [0, 0.1) is 0 Å². The van der Waals surface area contributed by atoms with Gasteiger partial charge in [0.25, 0.3) is 0 Å². The van der Waals surface area contributed by atoms with Gasteiger partial charge in [0.2, 0.25) is 0 Å². The van der Waals surface area contributed by atoms with Crippen LogP contribution < -0.4 is 0 Å². The first-order valence-corrected chi connectivity index (χ1v) is 4.82. The van der Waals surface area contributed by atoms with Crippen LogP contribution in [0.1, 0.15) is 19.8 Å². The van der Waals surface area contributed by atoms with E-state index < -0.39 is 0 Å². The number of hydrogen-bond donors (Lipinski definition) is 0. The van der Waals surface area contributed by atoms with Crippen molar-refractivity contribution in [1.82, 2.24) is 4.90 Å². The topological polar surface area (TPSA) is 3.24 Å². The summed E-state index contributed by atoms with van der Waals surface area (Å²) in [5.74, 6) is 0. The van der Waals surface area contributed by atoms with Crippen molar-refractivity contribution in [2.24, 2.45) is 0 Å². The van der Waals surface area contributed by atoms with Crippen molar-refractivity contribution in [3.05, 3.63) is 36.0 Å². The molecule has 0 spiro atoms. The molecule has 1 unspecified atom stereocenters. The molecule has 1 rings (SSSR count). The summed E-state index contributed by atoms with van der Waals surface area (Å²) in [5, 5.41) is 0. The first-order chi connectivity index (χ1) is 6.16. The number of likely N-dealkylation sites (N-methyl/N-ethyl adjacent to an activating group) is 1. The minimum atomic E-state index is 0.608. The van der Waals surface area contributed by atoms with Crippen LogP contribution in [0.15, 0.2) is 36.0 Å². The van der Waals surface area contributed by atoms with Crippen LogP contribution in [0.4, 0.5) is 0 Å². The van der Waals surface area contributed by atoms with E-state index in [1.54, 1.807) is 0 Å². The Hall–Kier alpha value is -0.820. The van der Waals surface area contributed by atoms with Crippen molar-refractivity contribution < 1.29 is 0 Å². The minimum Gasteiger partial charge on any atom is -0.302 e. The fourth-order valence-corrected chi connectivity index (χ4v) is 1.90. The number of hydrogen-bond acceptors (Lipinski definition) is 1. The Morgan fingerprint density at radius 2 is 2.15 bits per heavy atom.